The lowest BCUT2D eigenvalue weighted by molar-refractivity contribution is 0.265. The number of nitrogens with zero attached hydrogens (tertiary/aromatic N) is 1. The minimum atomic E-state index is 0.0733. The molecule has 5 N–H and O–H groups in total. The van der Waals surface area contributed by atoms with Gasteiger partial charge in [0.2, 0.25) is 0 Å². The number of nitrogens with one attached hydrogen (secondary N) is 1. The van der Waals surface area contributed by atoms with Crippen molar-refractivity contribution in [1.29, 1.82) is 0 Å². The molecule has 0 heterocycles. The Hall–Kier alpha value is -1.44. The van der Waals surface area contributed by atoms with Crippen LogP contribution in [0, 0.1) is 0 Å². The molecule has 0 aliphatic rings. The number of nitrogens with two attached hydrogens (primary N) is 1. The van der Waals surface area contributed by atoms with Crippen molar-refractivity contribution in [3.05, 3.63) is 29.8 Å². The lowest BCUT2D eigenvalue weighted by atomic mass is 10.2. The SMILES string of the molecule is CSC(CO)C(C)NCCOc1ccc(/C(N)=N/O)cc1. The van der Waals surface area contributed by atoms with Gasteiger partial charge in [0.25, 0.3) is 0 Å². The standard InChI is InChI=1S/C14H23N3O3S/c1-10(13(9-18)21-2)16-7-8-20-12-5-3-11(4-6-12)14(15)17-19/h3-6,10,13,16,18-19H,7-9H2,1-2H3,(H2,15,17). The lowest BCUT2D eigenvalue weighted by Crippen LogP contribution is -2.39. The summed E-state index contributed by atoms with van der Waals surface area (Å²) in [6.45, 7) is 3.43. The number of aliphatic hydroxyl groups is 1. The third-order valence-corrected chi connectivity index (χ3v) is 4.30. The van der Waals surface area contributed by atoms with Crippen molar-refractivity contribution >= 4 is 17.6 Å². The van der Waals surface area contributed by atoms with Crippen molar-refractivity contribution in [3.8, 4) is 5.75 Å². The maximum atomic E-state index is 9.19. The molecule has 1 aromatic rings. The summed E-state index contributed by atoms with van der Waals surface area (Å²) in [6, 6.07) is 7.23. The number of ether oxygens (including phenoxy) is 1. The third-order valence-electron chi connectivity index (χ3n) is 3.14. The van der Waals surface area contributed by atoms with Crippen molar-refractivity contribution in [3.63, 3.8) is 0 Å². The van der Waals surface area contributed by atoms with Crippen LogP contribution in [0.1, 0.15) is 12.5 Å². The summed E-state index contributed by atoms with van der Waals surface area (Å²) in [6.07, 6.45) is 1.98. The van der Waals surface area contributed by atoms with Gasteiger partial charge < -0.3 is 26.1 Å². The van der Waals surface area contributed by atoms with E-state index in [2.05, 4.69) is 10.5 Å². The molecule has 7 heteroatoms. The van der Waals surface area contributed by atoms with Crippen LogP contribution in [0.4, 0.5) is 0 Å². The molecule has 0 aliphatic carbocycles. The van der Waals surface area contributed by atoms with Gasteiger partial charge in [-0.3, -0.25) is 0 Å². The Bertz CT molecular complexity index is 436. The van der Waals surface area contributed by atoms with E-state index in [1.54, 1.807) is 36.0 Å². The normalized spacial score (nSPS) is 14.7. The summed E-state index contributed by atoms with van der Waals surface area (Å²) >= 11 is 1.64. The number of amidine groups is 1. The number of aliphatic hydroxyl groups excluding tert-OH is 1. The van der Waals surface area contributed by atoms with Crippen LogP contribution in [0.2, 0.25) is 0 Å². The molecule has 1 aromatic carbocycles. The maximum Gasteiger partial charge on any atom is 0.170 e. The Morgan fingerprint density at radius 1 is 1.43 bits per heavy atom. The molecule has 0 radical (unpaired) electrons. The fourth-order valence-electron chi connectivity index (χ4n) is 1.80. The van der Waals surface area contributed by atoms with Crippen LogP contribution < -0.4 is 15.8 Å². The van der Waals surface area contributed by atoms with Crippen LogP contribution in [0.15, 0.2) is 29.4 Å². The quantitative estimate of drug-likeness (QED) is 0.177. The van der Waals surface area contributed by atoms with Gasteiger partial charge in [-0.05, 0) is 37.4 Å². The van der Waals surface area contributed by atoms with E-state index < -0.39 is 0 Å². The number of hydrogen-bond acceptors (Lipinski definition) is 6. The second kappa shape index (κ2) is 9.49. The summed E-state index contributed by atoms with van der Waals surface area (Å²) in [5.41, 5.74) is 6.12. The minimum absolute atomic E-state index is 0.0733. The zero-order valence-electron chi connectivity index (χ0n) is 12.3. The third kappa shape index (κ3) is 5.82. The summed E-state index contributed by atoms with van der Waals surface area (Å²) in [5, 5.41) is 24.2. The Morgan fingerprint density at radius 3 is 2.62 bits per heavy atom. The molecule has 2 atom stereocenters. The zero-order valence-corrected chi connectivity index (χ0v) is 13.1. The highest BCUT2D eigenvalue weighted by molar-refractivity contribution is 7.99. The van der Waals surface area contributed by atoms with Gasteiger partial charge in [-0.25, -0.2) is 0 Å². The molecule has 0 aromatic heterocycles. The molecule has 0 saturated heterocycles. The smallest absolute Gasteiger partial charge is 0.170 e. The molecule has 2 unspecified atom stereocenters. The minimum Gasteiger partial charge on any atom is -0.492 e. The van der Waals surface area contributed by atoms with Crippen LogP contribution in [0.3, 0.4) is 0 Å². The topological polar surface area (TPSA) is 100 Å². The van der Waals surface area contributed by atoms with E-state index in [1.807, 2.05) is 13.2 Å². The van der Waals surface area contributed by atoms with Crippen LogP contribution in [-0.2, 0) is 0 Å². The molecule has 21 heavy (non-hydrogen) atoms. The van der Waals surface area contributed by atoms with E-state index in [0.29, 0.717) is 18.7 Å². The van der Waals surface area contributed by atoms with Gasteiger partial charge in [0.15, 0.2) is 5.84 Å². The summed E-state index contributed by atoms with van der Waals surface area (Å²) in [7, 11) is 0. The van der Waals surface area contributed by atoms with Gasteiger partial charge in [0, 0.05) is 23.4 Å². The van der Waals surface area contributed by atoms with Crippen LogP contribution >= 0.6 is 11.8 Å². The largest absolute Gasteiger partial charge is 0.492 e. The molecular formula is C14H23N3O3S. The van der Waals surface area contributed by atoms with Crippen LogP contribution in [-0.4, -0.2) is 53.5 Å². The highest BCUT2D eigenvalue weighted by Crippen LogP contribution is 2.12. The van der Waals surface area contributed by atoms with Crippen LogP contribution in [0.5, 0.6) is 5.75 Å². The number of oxime groups is 1. The van der Waals surface area contributed by atoms with Gasteiger partial charge >= 0.3 is 0 Å². The van der Waals surface area contributed by atoms with E-state index in [9.17, 15) is 5.11 Å². The van der Waals surface area contributed by atoms with E-state index in [0.717, 1.165) is 5.75 Å². The van der Waals surface area contributed by atoms with Crippen LogP contribution in [0.25, 0.3) is 0 Å². The van der Waals surface area contributed by atoms with E-state index >= 15 is 0 Å². The molecule has 1 rings (SSSR count). The van der Waals surface area contributed by atoms with Crippen molar-refractivity contribution in [2.75, 3.05) is 26.0 Å². The van der Waals surface area contributed by atoms with Crippen molar-refractivity contribution < 1.29 is 15.1 Å². The first-order valence-corrected chi connectivity index (χ1v) is 7.99. The first-order valence-electron chi connectivity index (χ1n) is 6.70. The Balaban J connectivity index is 2.33. The Morgan fingerprint density at radius 2 is 2.10 bits per heavy atom. The number of hydrogen-bond donors (Lipinski definition) is 4. The molecule has 0 fully saturated rings. The first-order chi connectivity index (χ1) is 10.1. The number of rotatable bonds is 9. The summed E-state index contributed by atoms with van der Waals surface area (Å²) in [4.78, 5) is 0. The molecule has 118 valence electrons. The number of benzene rings is 1. The van der Waals surface area contributed by atoms with E-state index in [1.165, 1.54) is 0 Å². The molecule has 0 spiro atoms. The highest BCUT2D eigenvalue weighted by atomic mass is 32.2. The molecule has 0 saturated carbocycles. The predicted molar refractivity (Wildman–Crippen MR) is 86.3 cm³/mol. The van der Waals surface area contributed by atoms with Gasteiger partial charge in [0.1, 0.15) is 12.4 Å². The fourth-order valence-corrected chi connectivity index (χ4v) is 2.46. The lowest BCUT2D eigenvalue weighted by Gasteiger charge is -2.21. The fraction of sp³-hybridized carbons (Fsp3) is 0.500. The van der Waals surface area contributed by atoms with Crippen molar-refractivity contribution in [2.45, 2.75) is 18.2 Å². The van der Waals surface area contributed by atoms with Gasteiger partial charge in [0.05, 0.1) is 6.61 Å². The average Bonchev–Trinajstić information content (AvgIpc) is 2.52. The first kappa shape index (κ1) is 17.6. The molecule has 0 amide bonds. The van der Waals surface area contributed by atoms with Crippen molar-refractivity contribution in [1.82, 2.24) is 5.32 Å². The number of thioether (sulfide) groups is 1. The van der Waals surface area contributed by atoms with Gasteiger partial charge in [-0.15, -0.1) is 0 Å². The molecular weight excluding hydrogens is 290 g/mol. The summed E-state index contributed by atoms with van der Waals surface area (Å²) in [5.74, 6) is 0.798. The van der Waals surface area contributed by atoms with E-state index in [4.69, 9.17) is 15.7 Å². The van der Waals surface area contributed by atoms with Gasteiger partial charge in [-0.2, -0.15) is 11.8 Å². The molecule has 0 aliphatic heterocycles. The zero-order chi connectivity index (χ0) is 15.7. The monoisotopic (exact) mass is 313 g/mol. The highest BCUT2D eigenvalue weighted by Gasteiger charge is 2.13. The predicted octanol–water partition coefficient (Wildman–Crippen LogP) is 0.862. The molecule has 0 bridgehead atoms. The maximum absolute atomic E-state index is 9.19. The van der Waals surface area contributed by atoms with Crippen molar-refractivity contribution in [2.24, 2.45) is 10.9 Å². The Kier molecular flexibility index (Phi) is 7.96. The Labute approximate surface area is 129 Å². The second-order valence-electron chi connectivity index (χ2n) is 4.56. The average molecular weight is 313 g/mol. The van der Waals surface area contributed by atoms with E-state index in [-0.39, 0.29) is 23.7 Å². The van der Waals surface area contributed by atoms with Gasteiger partial charge in [-0.1, -0.05) is 5.16 Å². The molecule has 6 nitrogen and oxygen atoms in total. The summed E-state index contributed by atoms with van der Waals surface area (Å²) < 4.78 is 5.60. The second-order valence-corrected chi connectivity index (χ2v) is 5.63.